The number of nitrogens with one attached hydrogen (secondary N) is 3. The molecule has 0 saturated carbocycles. The third kappa shape index (κ3) is 12.2. The van der Waals surface area contributed by atoms with Crippen molar-refractivity contribution in [3.63, 3.8) is 0 Å². The van der Waals surface area contributed by atoms with Gasteiger partial charge >= 0.3 is 6.03 Å². The zero-order chi connectivity index (χ0) is 33.3. The molecule has 1 unspecified atom stereocenters. The fraction of sp³-hybridized carbons (Fsp3) is 0.474. The van der Waals surface area contributed by atoms with Crippen LogP contribution in [0.15, 0.2) is 72.8 Å². The lowest BCUT2D eigenvalue weighted by molar-refractivity contribution is 0.0995. The van der Waals surface area contributed by atoms with Gasteiger partial charge < -0.3 is 36.4 Å². The van der Waals surface area contributed by atoms with Crippen molar-refractivity contribution < 1.29 is 19.4 Å². The fourth-order valence-electron chi connectivity index (χ4n) is 5.84. The van der Waals surface area contributed by atoms with Crippen LogP contribution < -0.4 is 26.4 Å². The first-order valence-electron chi connectivity index (χ1n) is 17.3. The lowest BCUT2D eigenvalue weighted by Crippen LogP contribution is -2.47. The van der Waals surface area contributed by atoms with E-state index in [-0.39, 0.29) is 11.6 Å². The van der Waals surface area contributed by atoms with Crippen LogP contribution in [0.1, 0.15) is 91.4 Å². The molecule has 0 spiro atoms. The van der Waals surface area contributed by atoms with Crippen molar-refractivity contribution >= 4 is 17.6 Å². The summed E-state index contributed by atoms with van der Waals surface area (Å²) >= 11 is 0. The van der Waals surface area contributed by atoms with Crippen molar-refractivity contribution in [2.45, 2.75) is 83.5 Å². The Balaban J connectivity index is 1.12. The Kier molecular flexibility index (Phi) is 14.9. The molecule has 0 aliphatic carbocycles. The normalized spacial score (nSPS) is 14.0. The van der Waals surface area contributed by atoms with E-state index in [1.54, 1.807) is 18.2 Å². The molecule has 4 rings (SSSR count). The molecule has 1 atom stereocenters. The molecule has 3 aromatic rings. The number of carbonyl (C=O) groups is 2. The lowest BCUT2D eigenvalue weighted by atomic mass is 10.0. The van der Waals surface area contributed by atoms with Crippen LogP contribution in [0.3, 0.4) is 0 Å². The van der Waals surface area contributed by atoms with Gasteiger partial charge in [0, 0.05) is 37.9 Å². The average Bonchev–Trinajstić information content (AvgIpc) is 3.10. The summed E-state index contributed by atoms with van der Waals surface area (Å²) < 4.78 is 5.84. The fourth-order valence-corrected chi connectivity index (χ4v) is 5.84. The molecule has 6 N–H and O–H groups in total. The van der Waals surface area contributed by atoms with E-state index in [0.29, 0.717) is 37.1 Å². The number of rotatable bonds is 19. The van der Waals surface area contributed by atoms with Crippen LogP contribution in [0.5, 0.6) is 5.75 Å². The summed E-state index contributed by atoms with van der Waals surface area (Å²) in [7, 11) is 0. The van der Waals surface area contributed by atoms with Crippen molar-refractivity contribution in [1.29, 1.82) is 0 Å². The number of amides is 3. The molecule has 3 aromatic carbocycles. The van der Waals surface area contributed by atoms with E-state index in [4.69, 9.17) is 10.5 Å². The minimum Gasteiger partial charge on any atom is -0.488 e. The van der Waals surface area contributed by atoms with Gasteiger partial charge in [-0.1, -0.05) is 87.6 Å². The van der Waals surface area contributed by atoms with Crippen LogP contribution in [-0.4, -0.2) is 60.7 Å². The first-order valence-corrected chi connectivity index (χ1v) is 17.3. The Hall–Kier alpha value is -4.08. The molecule has 9 heteroatoms. The third-order valence-corrected chi connectivity index (χ3v) is 8.73. The third-order valence-electron chi connectivity index (χ3n) is 8.73. The van der Waals surface area contributed by atoms with Crippen molar-refractivity contribution in [1.82, 2.24) is 15.5 Å². The number of unbranched alkanes of at least 4 members (excludes halogenated alkanes) is 5. The number of anilines is 1. The van der Waals surface area contributed by atoms with Crippen LogP contribution in [0.4, 0.5) is 10.5 Å². The number of likely N-dealkylation sites (tertiary alicyclic amines) is 1. The summed E-state index contributed by atoms with van der Waals surface area (Å²) in [6.45, 7) is 5.89. The maximum Gasteiger partial charge on any atom is 0.317 e. The number of hydrogen-bond acceptors (Lipinski definition) is 6. The van der Waals surface area contributed by atoms with Gasteiger partial charge in [0.25, 0.3) is 5.91 Å². The second-order valence-electron chi connectivity index (χ2n) is 12.5. The number of nitrogens with two attached hydrogens (primary N) is 1. The lowest BCUT2D eigenvalue weighted by Gasteiger charge is -2.33. The molecule has 1 saturated heterocycles. The van der Waals surface area contributed by atoms with Crippen LogP contribution in [0.25, 0.3) is 0 Å². The highest BCUT2D eigenvalue weighted by Gasteiger charge is 2.22. The van der Waals surface area contributed by atoms with Crippen molar-refractivity contribution in [2.24, 2.45) is 5.73 Å². The van der Waals surface area contributed by atoms with Gasteiger partial charge in [0.1, 0.15) is 12.4 Å². The van der Waals surface area contributed by atoms with Gasteiger partial charge in [0.2, 0.25) is 0 Å². The van der Waals surface area contributed by atoms with Crippen LogP contribution >= 0.6 is 0 Å². The number of nitrogens with zero attached hydrogens (tertiary/aromatic N) is 1. The molecule has 1 fully saturated rings. The van der Waals surface area contributed by atoms with E-state index < -0.39 is 12.0 Å². The highest BCUT2D eigenvalue weighted by atomic mass is 16.5. The molecule has 0 aromatic heterocycles. The van der Waals surface area contributed by atoms with Crippen molar-refractivity contribution in [3.05, 3.63) is 95.1 Å². The summed E-state index contributed by atoms with van der Waals surface area (Å²) in [5.41, 5.74) is 9.74. The number of aliphatic hydroxyl groups excluding tert-OH is 1. The van der Waals surface area contributed by atoms with E-state index in [0.717, 1.165) is 56.6 Å². The maximum atomic E-state index is 12.5. The largest absolute Gasteiger partial charge is 0.488 e. The first kappa shape index (κ1) is 35.8. The zero-order valence-electron chi connectivity index (χ0n) is 27.9. The number of benzene rings is 3. The second-order valence-corrected chi connectivity index (χ2v) is 12.5. The number of primary amides is 1. The summed E-state index contributed by atoms with van der Waals surface area (Å²) in [6, 6.07) is 23.6. The van der Waals surface area contributed by atoms with E-state index in [9.17, 15) is 14.7 Å². The van der Waals surface area contributed by atoms with Gasteiger partial charge in [-0.15, -0.1) is 0 Å². The minimum absolute atomic E-state index is 0.0694. The average molecular weight is 644 g/mol. The Morgan fingerprint density at radius 1 is 0.915 bits per heavy atom. The molecule has 1 aliphatic rings. The Bertz CT molecular complexity index is 1360. The molecular formula is C38H53N5O4. The molecule has 47 heavy (non-hydrogen) atoms. The predicted molar refractivity (Wildman–Crippen MR) is 189 cm³/mol. The number of ether oxygens (including phenoxy) is 1. The quantitative estimate of drug-likeness (QED) is 0.0994. The standard InChI is InChI=1S/C38H53N5O4/c1-2-3-4-5-6-10-22-41-38(46)43-24-20-33(21-25-43)42-32-16-13-29(14-17-32)19-23-40-27-35(44)31-15-18-36(34(26-31)37(39)45)47-28-30-11-8-7-9-12-30/h7-9,11-18,26,33,35,40,42,44H,2-6,10,19-25,27-28H2,1H3,(H2,39,45)(H,41,46). The zero-order valence-corrected chi connectivity index (χ0v) is 27.9. The van der Waals surface area contributed by atoms with Gasteiger partial charge in [-0.25, -0.2) is 4.79 Å². The van der Waals surface area contributed by atoms with E-state index in [1.165, 1.54) is 37.7 Å². The highest BCUT2D eigenvalue weighted by molar-refractivity contribution is 5.95. The summed E-state index contributed by atoms with van der Waals surface area (Å²) in [5, 5.41) is 20.8. The number of aliphatic hydroxyl groups is 1. The van der Waals surface area contributed by atoms with Gasteiger partial charge in [0.15, 0.2) is 0 Å². The molecule has 0 bridgehead atoms. The van der Waals surface area contributed by atoms with E-state index in [2.05, 4.69) is 47.1 Å². The van der Waals surface area contributed by atoms with Crippen molar-refractivity contribution in [2.75, 3.05) is 38.0 Å². The number of hydrogen-bond donors (Lipinski definition) is 5. The molecule has 1 aliphatic heterocycles. The summed E-state index contributed by atoms with van der Waals surface area (Å²) in [4.78, 5) is 26.6. The van der Waals surface area contributed by atoms with Crippen LogP contribution in [-0.2, 0) is 13.0 Å². The SMILES string of the molecule is CCCCCCCCNC(=O)N1CCC(Nc2ccc(CCNCC(O)c3ccc(OCc4ccccc4)c(C(N)=O)c3)cc2)CC1. The second kappa shape index (κ2) is 19.6. The molecule has 9 nitrogen and oxygen atoms in total. The highest BCUT2D eigenvalue weighted by Crippen LogP contribution is 2.24. The van der Waals surface area contributed by atoms with Crippen molar-refractivity contribution in [3.8, 4) is 5.75 Å². The van der Waals surface area contributed by atoms with Gasteiger partial charge in [-0.2, -0.15) is 0 Å². The van der Waals surface area contributed by atoms with Gasteiger partial charge in [0.05, 0.1) is 11.7 Å². The molecular weight excluding hydrogens is 590 g/mol. The van der Waals surface area contributed by atoms with E-state index >= 15 is 0 Å². The van der Waals surface area contributed by atoms with Crippen LogP contribution in [0, 0.1) is 0 Å². The predicted octanol–water partition coefficient (Wildman–Crippen LogP) is 6.18. The number of urea groups is 1. The summed E-state index contributed by atoms with van der Waals surface area (Å²) in [6.07, 6.45) is 9.25. The monoisotopic (exact) mass is 643 g/mol. The minimum atomic E-state index is -0.791. The van der Waals surface area contributed by atoms with Gasteiger partial charge in [-0.3, -0.25) is 4.79 Å². The molecule has 3 amide bonds. The van der Waals surface area contributed by atoms with Gasteiger partial charge in [-0.05, 0) is 73.2 Å². The topological polar surface area (TPSA) is 129 Å². The molecule has 0 radical (unpaired) electrons. The molecule has 1 heterocycles. The Labute approximate surface area is 280 Å². The maximum absolute atomic E-state index is 12.5. The van der Waals surface area contributed by atoms with E-state index in [1.807, 2.05) is 35.2 Å². The molecule has 254 valence electrons. The Morgan fingerprint density at radius 3 is 2.36 bits per heavy atom. The smallest absolute Gasteiger partial charge is 0.317 e. The Morgan fingerprint density at radius 2 is 1.64 bits per heavy atom. The summed E-state index contributed by atoms with van der Waals surface area (Å²) in [5.74, 6) is -0.199. The first-order chi connectivity index (χ1) is 22.9. The van der Waals surface area contributed by atoms with Crippen LogP contribution in [0.2, 0.25) is 0 Å². The number of piperidine rings is 1. The number of carbonyl (C=O) groups excluding carboxylic acids is 2.